The number of aliphatic hydroxyl groups excluding tert-OH is 1. The second-order valence-corrected chi connectivity index (χ2v) is 17.9. The molecule has 7 rings (SSSR count). The summed E-state index contributed by atoms with van der Waals surface area (Å²) in [6.45, 7) is 5.41. The van der Waals surface area contributed by atoms with E-state index in [1.807, 2.05) is 49.4 Å². The third kappa shape index (κ3) is 6.32. The Hall–Kier alpha value is -5.12. The molecular weight excluding hydrogens is 686 g/mol. The van der Waals surface area contributed by atoms with Gasteiger partial charge in [0.15, 0.2) is 5.60 Å². The number of carbonyl (C=O) groups is 2. The predicted octanol–water partition coefficient (Wildman–Crippen LogP) is 5.66. The zero-order valence-corrected chi connectivity index (χ0v) is 30.2. The van der Waals surface area contributed by atoms with E-state index in [0.717, 1.165) is 16.8 Å². The first-order valence-electron chi connectivity index (χ1n) is 17.4. The van der Waals surface area contributed by atoms with Gasteiger partial charge in [-0.1, -0.05) is 54.6 Å². The molecule has 1 fully saturated rings. The van der Waals surface area contributed by atoms with Gasteiger partial charge in [-0.25, -0.2) is 5.01 Å². The average Bonchev–Trinajstić information content (AvgIpc) is 3.78. The van der Waals surface area contributed by atoms with Crippen molar-refractivity contribution in [2.45, 2.75) is 76.0 Å². The van der Waals surface area contributed by atoms with Gasteiger partial charge in [-0.2, -0.15) is 5.10 Å². The Balaban J connectivity index is 1.19. The van der Waals surface area contributed by atoms with Crippen LogP contribution in [-0.2, 0) is 39.4 Å². The molecule has 1 spiro atoms. The van der Waals surface area contributed by atoms with Gasteiger partial charge in [-0.3, -0.25) is 24.4 Å². The molecule has 0 aliphatic carbocycles. The van der Waals surface area contributed by atoms with Crippen LogP contribution in [0.5, 0.6) is 0 Å². The number of nitro groups is 1. The number of hydrogen-bond donors (Lipinski definition) is 1. The molecule has 1 aromatic heterocycles. The normalized spacial score (nSPS) is 23.0. The van der Waals surface area contributed by atoms with Crippen molar-refractivity contribution in [2.75, 3.05) is 16.5 Å². The maximum absolute atomic E-state index is 16.3. The van der Waals surface area contributed by atoms with Gasteiger partial charge in [0, 0.05) is 67.8 Å². The van der Waals surface area contributed by atoms with Gasteiger partial charge in [-0.05, 0) is 48.8 Å². The van der Waals surface area contributed by atoms with Crippen molar-refractivity contribution in [1.29, 1.82) is 0 Å². The number of carbonyl (C=O) groups excluding carboxylic acids is 2. The Kier molecular flexibility index (Phi) is 9.35. The van der Waals surface area contributed by atoms with Crippen LogP contribution in [0.1, 0.15) is 48.6 Å². The molecule has 0 saturated carbocycles. The largest absolute Gasteiger partial charge is 0.396 e. The molecule has 0 unspecified atom stereocenters. The van der Waals surface area contributed by atoms with Gasteiger partial charge in [-0.15, -0.1) is 5.10 Å². The Bertz CT molecular complexity index is 2040. The van der Waals surface area contributed by atoms with Crippen molar-refractivity contribution >= 4 is 43.0 Å². The highest BCUT2D eigenvalue weighted by Gasteiger charge is 2.66. The highest BCUT2D eigenvalue weighted by Crippen LogP contribution is 2.60. The van der Waals surface area contributed by atoms with Gasteiger partial charge in [0.25, 0.3) is 11.6 Å². The Morgan fingerprint density at radius 2 is 1.83 bits per heavy atom. The van der Waals surface area contributed by atoms with E-state index in [1.54, 1.807) is 47.1 Å². The number of benzene rings is 3. The zero-order chi connectivity index (χ0) is 36.8. The molecule has 0 bridgehead atoms. The predicted molar refractivity (Wildman–Crippen MR) is 194 cm³/mol. The number of amides is 2. The van der Waals surface area contributed by atoms with Crippen molar-refractivity contribution < 1.29 is 28.5 Å². The fourth-order valence-corrected chi connectivity index (χ4v) is 10.6. The number of aromatic nitrogens is 3. The summed E-state index contributed by atoms with van der Waals surface area (Å²) in [6.07, 6.45) is 2.61. The molecule has 4 aromatic rings. The smallest absolute Gasteiger partial charge is 0.269 e. The van der Waals surface area contributed by atoms with E-state index in [9.17, 15) is 24.8 Å². The lowest BCUT2D eigenvalue weighted by atomic mass is 9.82. The molecule has 3 aliphatic heterocycles. The minimum atomic E-state index is -3.48. The van der Waals surface area contributed by atoms with E-state index in [2.05, 4.69) is 15.4 Å². The quantitative estimate of drug-likeness (QED) is 0.0899. The second-order valence-electron chi connectivity index (χ2n) is 14.1. The van der Waals surface area contributed by atoms with Crippen molar-refractivity contribution in [2.24, 2.45) is 11.0 Å². The lowest BCUT2D eigenvalue weighted by molar-refractivity contribution is -0.385. The number of anilines is 2. The van der Waals surface area contributed by atoms with E-state index in [4.69, 9.17) is 4.74 Å². The van der Waals surface area contributed by atoms with Gasteiger partial charge >= 0.3 is 0 Å². The number of aryl methyl sites for hydroxylation is 1. The Morgan fingerprint density at radius 1 is 1.08 bits per heavy atom. The van der Waals surface area contributed by atoms with Crippen molar-refractivity contribution in [3.63, 3.8) is 0 Å². The van der Waals surface area contributed by atoms with Crippen molar-refractivity contribution in [3.05, 3.63) is 111 Å². The molecule has 1 saturated heterocycles. The van der Waals surface area contributed by atoms with Gasteiger partial charge in [0.05, 0.1) is 40.4 Å². The van der Waals surface area contributed by atoms with Crippen LogP contribution in [0.25, 0.3) is 0 Å². The lowest BCUT2D eigenvalue weighted by Crippen LogP contribution is -2.45. The first-order valence-corrected chi connectivity index (χ1v) is 20.4. The minimum Gasteiger partial charge on any atom is -0.396 e. The van der Waals surface area contributed by atoms with Crippen LogP contribution in [-0.4, -0.2) is 63.7 Å². The monoisotopic (exact) mass is 725 g/mol. The summed E-state index contributed by atoms with van der Waals surface area (Å²) < 4.78 is 24.7. The molecular formula is C37H40FN7O6Si. The van der Waals surface area contributed by atoms with Crippen LogP contribution < -0.4 is 9.91 Å². The number of nitrogens with zero attached hydrogens (tertiary/aromatic N) is 7. The SMILES string of the molecule is C[C@H]1[C@H]([Si](C)(C)F)[C@@H](CCn2cc(CCO)nn2)O[C@]12C(=O)N(Cc1ccc(N3N=C(c4ccccc4)CCC3=O)cc1)c1ccc([N+](=O)[O-])cc12. The van der Waals surface area contributed by atoms with E-state index < -0.39 is 42.4 Å². The summed E-state index contributed by atoms with van der Waals surface area (Å²) >= 11 is 0. The number of aliphatic hydroxyl groups is 1. The maximum Gasteiger partial charge on any atom is 0.269 e. The fourth-order valence-electron chi connectivity index (χ4n) is 8.03. The molecule has 3 aliphatic rings. The molecule has 4 heterocycles. The number of non-ortho nitro benzene ring substituents is 1. The van der Waals surface area contributed by atoms with E-state index >= 15 is 4.11 Å². The molecule has 1 N–H and O–H groups in total. The summed E-state index contributed by atoms with van der Waals surface area (Å²) in [4.78, 5) is 40.7. The van der Waals surface area contributed by atoms with Crippen LogP contribution in [0.3, 0.4) is 0 Å². The van der Waals surface area contributed by atoms with Crippen LogP contribution in [0, 0.1) is 16.0 Å². The summed E-state index contributed by atoms with van der Waals surface area (Å²) in [6, 6.07) is 21.2. The molecule has 2 amide bonds. The molecule has 13 nitrogen and oxygen atoms in total. The topological polar surface area (TPSA) is 156 Å². The lowest BCUT2D eigenvalue weighted by Gasteiger charge is -2.31. The van der Waals surface area contributed by atoms with Crippen LogP contribution in [0.15, 0.2) is 84.1 Å². The van der Waals surface area contributed by atoms with Crippen LogP contribution >= 0.6 is 0 Å². The Morgan fingerprint density at radius 3 is 2.52 bits per heavy atom. The van der Waals surface area contributed by atoms with Gasteiger partial charge < -0.3 is 18.9 Å². The number of ether oxygens (including phenoxy) is 1. The molecule has 4 atom stereocenters. The number of fused-ring (bicyclic) bond motifs is 2. The molecule has 3 aromatic carbocycles. The first-order chi connectivity index (χ1) is 24.9. The van der Waals surface area contributed by atoms with E-state index in [-0.39, 0.29) is 24.7 Å². The van der Waals surface area contributed by atoms with Crippen LogP contribution in [0.4, 0.5) is 21.2 Å². The standard InChI is InChI=1S/C37H40FN7O6Si/c1-24-35(52(2,3)38)33(17-19-42-23-27(18-20-46)39-41-42)51-37(24)30-21-29(45(49)50)13-15-32(30)43(36(37)48)22-25-9-11-28(12-10-25)44-34(47)16-14-31(40-44)26-7-5-4-6-8-26/h4-13,15,21,23-24,33,35,46H,14,16-20,22H2,1-3H3/t24-,33+,35-,37+/m0/s1. The second kappa shape index (κ2) is 13.8. The molecule has 0 radical (unpaired) electrons. The third-order valence-electron chi connectivity index (χ3n) is 10.4. The first kappa shape index (κ1) is 35.3. The number of hydrazone groups is 1. The highest BCUT2D eigenvalue weighted by atomic mass is 28.4. The Labute approximate surface area is 301 Å². The summed E-state index contributed by atoms with van der Waals surface area (Å²) in [5.41, 5.74) is 2.13. The summed E-state index contributed by atoms with van der Waals surface area (Å²) in [7, 11) is -3.48. The van der Waals surface area contributed by atoms with Crippen molar-refractivity contribution in [1.82, 2.24) is 15.0 Å². The minimum absolute atomic E-state index is 0.0647. The number of nitro benzene ring substituents is 1. The average molecular weight is 726 g/mol. The fraction of sp³-hybridized carbons (Fsp3) is 0.378. The van der Waals surface area contributed by atoms with E-state index in [1.165, 1.54) is 17.1 Å². The van der Waals surface area contributed by atoms with Gasteiger partial charge in [0.1, 0.15) is 0 Å². The number of halogens is 1. The third-order valence-corrected chi connectivity index (χ3v) is 12.9. The number of hydrogen-bond acceptors (Lipinski definition) is 9. The maximum atomic E-state index is 16.3. The number of rotatable bonds is 11. The van der Waals surface area contributed by atoms with Crippen molar-refractivity contribution in [3.8, 4) is 0 Å². The van der Waals surface area contributed by atoms with Crippen LogP contribution in [0.2, 0.25) is 18.6 Å². The van der Waals surface area contributed by atoms with Gasteiger partial charge in [0.2, 0.25) is 14.3 Å². The summed E-state index contributed by atoms with van der Waals surface area (Å²) in [5, 5.41) is 35.5. The molecule has 15 heteroatoms. The zero-order valence-electron chi connectivity index (χ0n) is 29.2. The van der Waals surface area contributed by atoms with E-state index in [0.29, 0.717) is 54.9 Å². The highest BCUT2D eigenvalue weighted by molar-refractivity contribution is 6.72. The molecule has 270 valence electrons. The summed E-state index contributed by atoms with van der Waals surface area (Å²) in [5.74, 6) is -1.16. The molecule has 52 heavy (non-hydrogen) atoms.